The second-order valence-corrected chi connectivity index (χ2v) is 9.79. The first-order valence-corrected chi connectivity index (χ1v) is 13.6. The summed E-state index contributed by atoms with van der Waals surface area (Å²) < 4.78 is 0. The molecule has 4 rings (SSSR count). The van der Waals surface area contributed by atoms with Crippen LogP contribution in [-0.2, 0) is 0 Å². The fourth-order valence-electron chi connectivity index (χ4n) is 4.61. The lowest BCUT2D eigenvalue weighted by Gasteiger charge is -2.09. The van der Waals surface area contributed by atoms with Crippen LogP contribution in [0, 0.1) is 6.92 Å². The predicted molar refractivity (Wildman–Crippen MR) is 177 cm³/mol. The van der Waals surface area contributed by atoms with Gasteiger partial charge in [0.2, 0.25) is 0 Å². The molecule has 0 aliphatic carbocycles. The molecule has 0 radical (unpaired) electrons. The summed E-state index contributed by atoms with van der Waals surface area (Å²) >= 11 is 0. The smallest absolute Gasteiger partial charge is 0.00173 e. The van der Waals surface area contributed by atoms with Gasteiger partial charge in [-0.25, -0.2) is 0 Å². The summed E-state index contributed by atoms with van der Waals surface area (Å²) in [4.78, 5) is 0. The molecule has 0 aromatic heterocycles. The minimum atomic E-state index is 0.852. The van der Waals surface area contributed by atoms with Gasteiger partial charge in [-0.05, 0) is 99.3 Å². The standard InChI is InChI=1S/C39H37N/c1-6-10-39(27-40)31(7-2)16-13-28(3)29(4)14-17-35-25-37(18-15-30(35)5)33-19-21-34(22-20-33)38-24-23-32-11-8-9-12-36(32)26-38/h6-27H,3-4,40H2,1-2,5H3/b10-6-,16-13-,17-14-,31-7+,39-27+. The largest absolute Gasteiger partial charge is 0.404 e. The zero-order chi connectivity index (χ0) is 28.5. The lowest BCUT2D eigenvalue weighted by atomic mass is 9.96. The van der Waals surface area contributed by atoms with Crippen LogP contribution in [0.1, 0.15) is 25.0 Å². The first-order chi connectivity index (χ1) is 19.4. The van der Waals surface area contributed by atoms with Gasteiger partial charge in [-0.1, -0.05) is 128 Å². The summed E-state index contributed by atoms with van der Waals surface area (Å²) in [5, 5.41) is 2.52. The quantitative estimate of drug-likeness (QED) is 0.219. The van der Waals surface area contributed by atoms with Crippen LogP contribution >= 0.6 is 0 Å². The van der Waals surface area contributed by atoms with Crippen LogP contribution in [0.3, 0.4) is 0 Å². The maximum absolute atomic E-state index is 5.79. The van der Waals surface area contributed by atoms with Gasteiger partial charge >= 0.3 is 0 Å². The maximum Gasteiger partial charge on any atom is 0.00173 e. The Morgan fingerprint density at radius 1 is 0.625 bits per heavy atom. The molecule has 1 heteroatoms. The fraction of sp³-hybridized carbons (Fsp3) is 0.0769. The summed E-state index contributed by atoms with van der Waals surface area (Å²) in [7, 11) is 0. The summed E-state index contributed by atoms with van der Waals surface area (Å²) in [5.74, 6) is 0. The Labute approximate surface area is 239 Å². The number of nitrogens with two attached hydrogens (primary N) is 1. The topological polar surface area (TPSA) is 26.0 Å². The van der Waals surface area contributed by atoms with Crippen molar-refractivity contribution in [1.82, 2.24) is 0 Å². The Bertz CT molecular complexity index is 1680. The molecule has 0 bridgehead atoms. The van der Waals surface area contributed by atoms with E-state index in [9.17, 15) is 0 Å². The number of hydrogen-bond acceptors (Lipinski definition) is 1. The highest BCUT2D eigenvalue weighted by Gasteiger charge is 2.05. The molecule has 4 aromatic carbocycles. The second-order valence-electron chi connectivity index (χ2n) is 9.79. The van der Waals surface area contributed by atoms with E-state index in [1.54, 1.807) is 6.20 Å². The first kappa shape index (κ1) is 28.1. The number of hydrogen-bond donors (Lipinski definition) is 1. The Balaban J connectivity index is 1.49. The molecule has 0 unspecified atom stereocenters. The van der Waals surface area contributed by atoms with Crippen molar-refractivity contribution in [2.75, 3.05) is 0 Å². The molecule has 40 heavy (non-hydrogen) atoms. The van der Waals surface area contributed by atoms with E-state index in [2.05, 4.69) is 111 Å². The molecule has 0 aliphatic rings. The molecule has 2 N–H and O–H groups in total. The van der Waals surface area contributed by atoms with Gasteiger partial charge in [0.25, 0.3) is 0 Å². The van der Waals surface area contributed by atoms with Crippen LogP contribution in [-0.4, -0.2) is 0 Å². The summed E-state index contributed by atoms with van der Waals surface area (Å²) in [5.41, 5.74) is 16.7. The number of benzene rings is 4. The molecular formula is C39H37N. The van der Waals surface area contributed by atoms with Crippen molar-refractivity contribution in [3.8, 4) is 22.3 Å². The highest BCUT2D eigenvalue weighted by molar-refractivity contribution is 5.87. The van der Waals surface area contributed by atoms with Gasteiger partial charge in [-0.3, -0.25) is 0 Å². The van der Waals surface area contributed by atoms with E-state index < -0.39 is 0 Å². The van der Waals surface area contributed by atoms with E-state index in [1.807, 2.05) is 50.3 Å². The molecule has 0 saturated heterocycles. The van der Waals surface area contributed by atoms with Crippen LogP contribution in [0.25, 0.3) is 39.1 Å². The Morgan fingerprint density at radius 3 is 1.88 bits per heavy atom. The van der Waals surface area contributed by atoms with Gasteiger partial charge in [-0.2, -0.15) is 0 Å². The molecule has 0 saturated carbocycles. The molecule has 1 nitrogen and oxygen atoms in total. The van der Waals surface area contributed by atoms with Crippen LogP contribution in [0.5, 0.6) is 0 Å². The lowest BCUT2D eigenvalue weighted by molar-refractivity contribution is 1.42. The molecule has 0 fully saturated rings. The lowest BCUT2D eigenvalue weighted by Crippen LogP contribution is -1.89. The zero-order valence-electron chi connectivity index (χ0n) is 23.7. The molecule has 198 valence electrons. The molecule has 0 atom stereocenters. The Hall–Kier alpha value is -4.88. The third-order valence-electron chi connectivity index (χ3n) is 7.09. The van der Waals surface area contributed by atoms with Gasteiger partial charge in [0.05, 0.1) is 0 Å². The van der Waals surface area contributed by atoms with Gasteiger partial charge in [0.15, 0.2) is 0 Å². The van der Waals surface area contributed by atoms with Crippen molar-refractivity contribution in [2.24, 2.45) is 5.73 Å². The van der Waals surface area contributed by atoms with Gasteiger partial charge < -0.3 is 5.73 Å². The van der Waals surface area contributed by atoms with Crippen molar-refractivity contribution in [2.45, 2.75) is 20.8 Å². The van der Waals surface area contributed by atoms with E-state index in [4.69, 9.17) is 5.73 Å². The van der Waals surface area contributed by atoms with Crippen LogP contribution in [0.4, 0.5) is 0 Å². The Morgan fingerprint density at radius 2 is 1.23 bits per heavy atom. The van der Waals surface area contributed by atoms with Crippen molar-refractivity contribution >= 4 is 16.8 Å². The third-order valence-corrected chi connectivity index (χ3v) is 7.09. The maximum atomic E-state index is 5.79. The van der Waals surface area contributed by atoms with Gasteiger partial charge in [0.1, 0.15) is 0 Å². The number of fused-ring (bicyclic) bond motifs is 1. The minimum absolute atomic E-state index is 0.852. The second kappa shape index (κ2) is 13.3. The van der Waals surface area contributed by atoms with E-state index in [0.29, 0.717) is 0 Å². The fourth-order valence-corrected chi connectivity index (χ4v) is 4.61. The number of allylic oxidation sites excluding steroid dienone is 10. The monoisotopic (exact) mass is 519 g/mol. The molecule has 0 heterocycles. The highest BCUT2D eigenvalue weighted by Crippen LogP contribution is 2.29. The normalized spacial score (nSPS) is 12.7. The summed E-state index contributed by atoms with van der Waals surface area (Å²) in [6.45, 7) is 14.5. The van der Waals surface area contributed by atoms with Gasteiger partial charge in [-0.15, -0.1) is 0 Å². The van der Waals surface area contributed by atoms with E-state index >= 15 is 0 Å². The van der Waals surface area contributed by atoms with Crippen LogP contribution in [0.2, 0.25) is 0 Å². The van der Waals surface area contributed by atoms with Crippen molar-refractivity contribution in [3.05, 3.63) is 174 Å². The Kier molecular flexibility index (Phi) is 9.33. The van der Waals surface area contributed by atoms with E-state index in [-0.39, 0.29) is 0 Å². The van der Waals surface area contributed by atoms with Crippen LogP contribution < -0.4 is 5.73 Å². The highest BCUT2D eigenvalue weighted by atomic mass is 14.5. The van der Waals surface area contributed by atoms with Crippen molar-refractivity contribution < 1.29 is 0 Å². The molecule has 0 amide bonds. The SMILES string of the molecule is C=C(\C=C/C(=C\C)C(/C=C\C)=C/N)C(=C)/C=C\c1cc(-c2ccc(-c3ccc4ccccc4c3)cc2)ccc1C. The van der Waals surface area contributed by atoms with E-state index in [1.165, 1.54) is 38.6 Å². The average molecular weight is 520 g/mol. The zero-order valence-corrected chi connectivity index (χ0v) is 23.7. The molecule has 4 aromatic rings. The van der Waals surface area contributed by atoms with Gasteiger partial charge in [0, 0.05) is 6.20 Å². The van der Waals surface area contributed by atoms with Crippen molar-refractivity contribution in [1.29, 1.82) is 0 Å². The number of rotatable bonds is 9. The summed E-state index contributed by atoms with van der Waals surface area (Å²) in [6.07, 6.45) is 15.8. The molecular weight excluding hydrogens is 482 g/mol. The van der Waals surface area contributed by atoms with Crippen LogP contribution in [0.15, 0.2) is 163 Å². The molecule has 0 aliphatic heterocycles. The van der Waals surface area contributed by atoms with E-state index in [0.717, 1.165) is 27.9 Å². The minimum Gasteiger partial charge on any atom is -0.404 e. The summed E-state index contributed by atoms with van der Waals surface area (Å²) in [6, 6.07) is 30.5. The first-order valence-electron chi connectivity index (χ1n) is 13.6. The predicted octanol–water partition coefficient (Wildman–Crippen LogP) is 10.5. The number of aryl methyl sites for hydroxylation is 1. The van der Waals surface area contributed by atoms with Crippen molar-refractivity contribution in [3.63, 3.8) is 0 Å². The molecule has 0 spiro atoms. The third kappa shape index (κ3) is 6.76. The average Bonchev–Trinajstić information content (AvgIpc) is 2.99.